The summed E-state index contributed by atoms with van der Waals surface area (Å²) in [5.41, 5.74) is 1.44. The van der Waals surface area contributed by atoms with Crippen LogP contribution in [-0.4, -0.2) is 6.61 Å². The molecule has 1 saturated carbocycles. The summed E-state index contributed by atoms with van der Waals surface area (Å²) in [6, 6.07) is 18.7. The maximum atomic E-state index is 5.76. The highest BCUT2D eigenvalue weighted by atomic mass is 32.2. The third kappa shape index (κ3) is 3.35. The van der Waals surface area contributed by atoms with Crippen molar-refractivity contribution in [1.29, 1.82) is 0 Å². The third-order valence-corrected chi connectivity index (χ3v) is 4.41. The van der Waals surface area contributed by atoms with Crippen molar-refractivity contribution in [1.82, 2.24) is 0 Å². The minimum absolute atomic E-state index is 0.714. The lowest BCUT2D eigenvalue weighted by Crippen LogP contribution is -1.98. The average molecular weight is 285 g/mol. The van der Waals surface area contributed by atoms with E-state index >= 15 is 0 Å². The molecule has 0 bridgehead atoms. The van der Waals surface area contributed by atoms with Crippen LogP contribution in [0, 0.1) is 5.92 Å². The zero-order valence-corrected chi connectivity index (χ0v) is 12.2. The molecule has 0 aromatic heterocycles. The van der Waals surface area contributed by atoms with E-state index in [0.717, 1.165) is 29.6 Å². The van der Waals surface area contributed by atoms with Crippen LogP contribution >= 0.6 is 11.9 Å². The van der Waals surface area contributed by atoms with Gasteiger partial charge in [-0.3, -0.25) is 5.14 Å². The number of ether oxygens (including phenoxy) is 1. The van der Waals surface area contributed by atoms with Crippen molar-refractivity contribution in [3.63, 3.8) is 0 Å². The zero-order chi connectivity index (χ0) is 13.8. The van der Waals surface area contributed by atoms with Gasteiger partial charge in [0.15, 0.2) is 0 Å². The molecule has 2 aromatic carbocycles. The van der Waals surface area contributed by atoms with Crippen molar-refractivity contribution in [3.8, 4) is 5.75 Å². The van der Waals surface area contributed by atoms with Crippen LogP contribution in [-0.2, 0) is 0 Å². The topological polar surface area (TPSA) is 35.2 Å². The van der Waals surface area contributed by atoms with Crippen LogP contribution in [0.1, 0.15) is 24.3 Å². The zero-order valence-electron chi connectivity index (χ0n) is 11.4. The van der Waals surface area contributed by atoms with Gasteiger partial charge in [-0.05, 0) is 66.5 Å². The van der Waals surface area contributed by atoms with Gasteiger partial charge in [-0.1, -0.05) is 30.3 Å². The van der Waals surface area contributed by atoms with Gasteiger partial charge in [-0.2, -0.15) is 0 Å². The fourth-order valence-corrected chi connectivity index (χ4v) is 2.91. The van der Waals surface area contributed by atoms with Gasteiger partial charge in [-0.25, -0.2) is 0 Å². The molecule has 3 heteroatoms. The van der Waals surface area contributed by atoms with E-state index in [0.29, 0.717) is 5.92 Å². The van der Waals surface area contributed by atoms with Crippen LogP contribution in [0.15, 0.2) is 59.5 Å². The quantitative estimate of drug-likeness (QED) is 0.807. The normalized spacial score (nSPS) is 20.6. The largest absolute Gasteiger partial charge is 0.494 e. The maximum Gasteiger partial charge on any atom is 0.119 e. The van der Waals surface area contributed by atoms with Crippen molar-refractivity contribution in [2.24, 2.45) is 11.1 Å². The molecule has 1 aliphatic rings. The summed E-state index contributed by atoms with van der Waals surface area (Å²) in [5.74, 6) is 2.45. The van der Waals surface area contributed by atoms with E-state index in [1.807, 2.05) is 30.3 Å². The summed E-state index contributed by atoms with van der Waals surface area (Å²) in [5, 5.41) is 5.54. The summed E-state index contributed by atoms with van der Waals surface area (Å²) in [6.45, 7) is 0.807. The molecule has 2 aromatic rings. The minimum Gasteiger partial charge on any atom is -0.494 e. The number of nitrogens with two attached hydrogens (primary N) is 1. The smallest absolute Gasteiger partial charge is 0.119 e. The number of rotatable bonds is 6. The van der Waals surface area contributed by atoms with Crippen LogP contribution < -0.4 is 9.88 Å². The Balaban J connectivity index is 1.45. The highest BCUT2D eigenvalue weighted by Crippen LogP contribution is 2.49. The van der Waals surface area contributed by atoms with Crippen LogP contribution in [0.3, 0.4) is 0 Å². The van der Waals surface area contributed by atoms with Crippen LogP contribution in [0.25, 0.3) is 0 Å². The second-order valence-corrected chi connectivity index (χ2v) is 5.95. The molecule has 1 aliphatic carbocycles. The van der Waals surface area contributed by atoms with Crippen LogP contribution in [0.2, 0.25) is 0 Å². The van der Waals surface area contributed by atoms with Crippen molar-refractivity contribution in [2.75, 3.05) is 6.61 Å². The first-order valence-corrected chi connectivity index (χ1v) is 7.89. The first-order chi connectivity index (χ1) is 9.86. The van der Waals surface area contributed by atoms with E-state index < -0.39 is 0 Å². The predicted molar refractivity (Wildman–Crippen MR) is 83.9 cm³/mol. The first kappa shape index (κ1) is 13.5. The van der Waals surface area contributed by atoms with Crippen LogP contribution in [0.4, 0.5) is 0 Å². The molecule has 2 nitrogen and oxygen atoms in total. The Bertz CT molecular complexity index is 541. The van der Waals surface area contributed by atoms with Gasteiger partial charge in [0.05, 0.1) is 6.61 Å². The molecule has 0 spiro atoms. The fourth-order valence-electron chi connectivity index (χ4n) is 2.61. The second-order valence-electron chi connectivity index (χ2n) is 5.24. The molecule has 0 radical (unpaired) electrons. The number of hydrogen-bond donors (Lipinski definition) is 1. The lowest BCUT2D eigenvalue weighted by Gasteiger charge is -2.05. The number of benzene rings is 2. The van der Waals surface area contributed by atoms with Crippen molar-refractivity contribution in [2.45, 2.75) is 23.7 Å². The molecule has 0 heterocycles. The Kier molecular flexibility index (Phi) is 4.28. The molecule has 0 aliphatic heterocycles. The van der Waals surface area contributed by atoms with Crippen LogP contribution in [0.5, 0.6) is 5.75 Å². The molecule has 2 unspecified atom stereocenters. The second kappa shape index (κ2) is 6.33. The van der Waals surface area contributed by atoms with E-state index in [-0.39, 0.29) is 0 Å². The number of para-hydroxylation sites is 1. The van der Waals surface area contributed by atoms with E-state index in [4.69, 9.17) is 9.88 Å². The van der Waals surface area contributed by atoms with E-state index in [9.17, 15) is 0 Å². The average Bonchev–Trinajstić information content (AvgIpc) is 3.28. The standard InChI is InChI=1S/C17H19NOS/c18-20-16-8-6-13(7-9-16)17-12-14(17)10-11-19-15-4-2-1-3-5-15/h1-9,14,17H,10-12,18H2. The summed E-state index contributed by atoms with van der Waals surface area (Å²) in [4.78, 5) is 1.12. The number of hydrogen-bond acceptors (Lipinski definition) is 3. The van der Waals surface area contributed by atoms with Gasteiger partial charge in [0.25, 0.3) is 0 Å². The Hall–Kier alpha value is -1.45. The Morgan fingerprint density at radius 2 is 1.80 bits per heavy atom. The highest BCUT2D eigenvalue weighted by molar-refractivity contribution is 7.97. The van der Waals surface area contributed by atoms with Crippen molar-refractivity contribution < 1.29 is 4.74 Å². The molecule has 2 atom stereocenters. The molecular weight excluding hydrogens is 266 g/mol. The van der Waals surface area contributed by atoms with Crippen molar-refractivity contribution >= 4 is 11.9 Å². The van der Waals surface area contributed by atoms with Gasteiger partial charge in [0, 0.05) is 4.90 Å². The predicted octanol–water partition coefficient (Wildman–Crippen LogP) is 4.23. The fraction of sp³-hybridized carbons (Fsp3) is 0.294. The summed E-state index contributed by atoms with van der Waals surface area (Å²) in [7, 11) is 0. The lowest BCUT2D eigenvalue weighted by atomic mass is 10.1. The summed E-state index contributed by atoms with van der Waals surface area (Å²) >= 11 is 1.30. The Labute approximate surface area is 124 Å². The van der Waals surface area contributed by atoms with Crippen molar-refractivity contribution in [3.05, 3.63) is 60.2 Å². The van der Waals surface area contributed by atoms with Gasteiger partial charge < -0.3 is 4.74 Å². The molecule has 3 rings (SSSR count). The van der Waals surface area contributed by atoms with E-state index in [1.165, 1.54) is 23.9 Å². The summed E-state index contributed by atoms with van der Waals surface area (Å²) < 4.78 is 5.76. The molecule has 104 valence electrons. The summed E-state index contributed by atoms with van der Waals surface area (Å²) in [6.07, 6.45) is 2.42. The first-order valence-electron chi connectivity index (χ1n) is 7.01. The minimum atomic E-state index is 0.714. The lowest BCUT2D eigenvalue weighted by molar-refractivity contribution is 0.301. The van der Waals surface area contributed by atoms with Gasteiger partial charge in [-0.15, -0.1) is 0 Å². The molecule has 0 saturated heterocycles. The monoisotopic (exact) mass is 285 g/mol. The van der Waals surface area contributed by atoms with Gasteiger partial charge in [0.1, 0.15) is 5.75 Å². The third-order valence-electron chi connectivity index (χ3n) is 3.87. The van der Waals surface area contributed by atoms with E-state index in [2.05, 4.69) is 24.3 Å². The molecule has 1 fully saturated rings. The Morgan fingerprint density at radius 1 is 1.05 bits per heavy atom. The molecule has 20 heavy (non-hydrogen) atoms. The maximum absolute atomic E-state index is 5.76. The van der Waals surface area contributed by atoms with E-state index in [1.54, 1.807) is 0 Å². The highest BCUT2D eigenvalue weighted by Gasteiger charge is 2.37. The Morgan fingerprint density at radius 3 is 2.50 bits per heavy atom. The van der Waals surface area contributed by atoms with Gasteiger partial charge >= 0.3 is 0 Å². The molecule has 2 N–H and O–H groups in total. The SMILES string of the molecule is NSc1ccc(C2CC2CCOc2ccccc2)cc1. The van der Waals surface area contributed by atoms with Gasteiger partial charge in [0.2, 0.25) is 0 Å². The molecule has 0 amide bonds. The molecular formula is C17H19NOS.